The summed E-state index contributed by atoms with van der Waals surface area (Å²) in [6.07, 6.45) is 1.75. The van der Waals surface area contributed by atoms with Crippen LogP contribution < -0.4 is 10.2 Å². The van der Waals surface area contributed by atoms with Crippen molar-refractivity contribution in [2.24, 2.45) is 0 Å². The minimum Gasteiger partial charge on any atom is -0.371 e. The van der Waals surface area contributed by atoms with Crippen molar-refractivity contribution in [1.82, 2.24) is 10.3 Å². The van der Waals surface area contributed by atoms with Gasteiger partial charge in [0.1, 0.15) is 5.69 Å². The molecule has 0 bridgehead atoms. The van der Waals surface area contributed by atoms with Crippen LogP contribution in [0.3, 0.4) is 0 Å². The van der Waals surface area contributed by atoms with Crippen molar-refractivity contribution in [2.45, 2.75) is 20.4 Å². The molecule has 0 fully saturated rings. The average Bonchev–Trinajstić information content (AvgIpc) is 2.55. The molecule has 4 nitrogen and oxygen atoms in total. The number of rotatable bonds is 6. The highest BCUT2D eigenvalue weighted by Crippen LogP contribution is 2.12. The van der Waals surface area contributed by atoms with Crippen LogP contribution in [-0.4, -0.2) is 24.0 Å². The van der Waals surface area contributed by atoms with E-state index < -0.39 is 0 Å². The number of nitrogens with zero attached hydrogens (tertiary/aromatic N) is 2. The number of hydrogen-bond donors (Lipinski definition) is 1. The number of carbonyl (C=O) groups is 1. The average molecular weight is 283 g/mol. The Balaban J connectivity index is 1.97. The van der Waals surface area contributed by atoms with Crippen molar-refractivity contribution in [3.63, 3.8) is 0 Å². The topological polar surface area (TPSA) is 45.2 Å². The minimum atomic E-state index is -0.148. The normalized spacial score (nSPS) is 10.2. The molecule has 1 amide bonds. The van der Waals surface area contributed by atoms with Crippen LogP contribution in [0.4, 0.5) is 5.69 Å². The maximum atomic E-state index is 12.1. The van der Waals surface area contributed by atoms with Gasteiger partial charge in [0, 0.05) is 19.6 Å². The van der Waals surface area contributed by atoms with Crippen molar-refractivity contribution in [3.8, 4) is 0 Å². The fraction of sp³-hybridized carbons (Fsp3) is 0.294. The highest BCUT2D eigenvalue weighted by molar-refractivity contribution is 5.92. The molecule has 0 atom stereocenters. The summed E-state index contributed by atoms with van der Waals surface area (Å²) in [5, 5.41) is 2.88. The third-order valence-corrected chi connectivity index (χ3v) is 3.40. The Morgan fingerprint density at radius 1 is 1.10 bits per heavy atom. The minimum absolute atomic E-state index is 0.148. The Kier molecular flexibility index (Phi) is 5.32. The first-order chi connectivity index (χ1) is 10.2. The van der Waals surface area contributed by atoms with Gasteiger partial charge in [-0.2, -0.15) is 0 Å². The van der Waals surface area contributed by atoms with Gasteiger partial charge in [-0.15, -0.1) is 0 Å². The van der Waals surface area contributed by atoms with Crippen LogP contribution in [0.15, 0.2) is 48.7 Å². The van der Waals surface area contributed by atoms with Gasteiger partial charge in [0.05, 0.1) is 11.9 Å². The molecule has 0 saturated heterocycles. The molecule has 1 aromatic heterocycles. The molecule has 0 spiro atoms. The van der Waals surface area contributed by atoms with E-state index in [9.17, 15) is 4.79 Å². The lowest BCUT2D eigenvalue weighted by Gasteiger charge is -2.20. The number of amides is 1. The monoisotopic (exact) mass is 283 g/mol. The zero-order chi connectivity index (χ0) is 15.1. The van der Waals surface area contributed by atoms with Crippen LogP contribution in [0, 0.1) is 0 Å². The SMILES string of the molecule is CCN(CC)c1ccc(C(=O)NCc2ccccc2)nc1. The first kappa shape index (κ1) is 15.0. The summed E-state index contributed by atoms with van der Waals surface area (Å²) in [4.78, 5) is 18.5. The van der Waals surface area contributed by atoms with E-state index in [2.05, 4.69) is 29.0 Å². The second-order valence-corrected chi connectivity index (χ2v) is 4.74. The van der Waals surface area contributed by atoms with Crippen LogP contribution in [0.25, 0.3) is 0 Å². The van der Waals surface area contributed by atoms with Crippen LogP contribution in [-0.2, 0) is 6.54 Å². The standard InChI is InChI=1S/C17H21N3O/c1-3-20(4-2)15-10-11-16(18-13-15)17(21)19-12-14-8-6-5-7-9-14/h5-11,13H,3-4,12H2,1-2H3,(H,19,21). The molecule has 2 rings (SSSR count). The predicted octanol–water partition coefficient (Wildman–Crippen LogP) is 2.86. The van der Waals surface area contributed by atoms with E-state index >= 15 is 0 Å². The summed E-state index contributed by atoms with van der Waals surface area (Å²) < 4.78 is 0. The second kappa shape index (κ2) is 7.43. The lowest BCUT2D eigenvalue weighted by atomic mass is 10.2. The van der Waals surface area contributed by atoms with Crippen molar-refractivity contribution in [1.29, 1.82) is 0 Å². The molecule has 1 heterocycles. The largest absolute Gasteiger partial charge is 0.371 e. The zero-order valence-corrected chi connectivity index (χ0v) is 12.5. The Labute approximate surface area is 125 Å². The van der Waals surface area contributed by atoms with Gasteiger partial charge in [-0.1, -0.05) is 30.3 Å². The molecule has 21 heavy (non-hydrogen) atoms. The first-order valence-corrected chi connectivity index (χ1v) is 7.27. The third-order valence-electron chi connectivity index (χ3n) is 3.40. The number of hydrogen-bond acceptors (Lipinski definition) is 3. The molecule has 1 N–H and O–H groups in total. The maximum absolute atomic E-state index is 12.1. The highest BCUT2D eigenvalue weighted by atomic mass is 16.1. The molecule has 0 unspecified atom stereocenters. The van der Waals surface area contributed by atoms with Gasteiger partial charge in [0.15, 0.2) is 0 Å². The van der Waals surface area contributed by atoms with E-state index in [-0.39, 0.29) is 5.91 Å². The fourth-order valence-corrected chi connectivity index (χ4v) is 2.16. The Morgan fingerprint density at radius 3 is 2.38 bits per heavy atom. The lowest BCUT2D eigenvalue weighted by molar-refractivity contribution is 0.0946. The lowest BCUT2D eigenvalue weighted by Crippen LogP contribution is -2.25. The maximum Gasteiger partial charge on any atom is 0.270 e. The third kappa shape index (κ3) is 4.05. The summed E-state index contributed by atoms with van der Waals surface area (Å²) in [6.45, 7) is 6.57. The van der Waals surface area contributed by atoms with Crippen LogP contribution >= 0.6 is 0 Å². The molecular formula is C17H21N3O. The molecule has 0 radical (unpaired) electrons. The van der Waals surface area contributed by atoms with Crippen molar-refractivity contribution < 1.29 is 4.79 Å². The summed E-state index contributed by atoms with van der Waals surface area (Å²) in [5.41, 5.74) is 2.56. The van der Waals surface area contributed by atoms with Gasteiger partial charge in [-0.05, 0) is 31.5 Å². The predicted molar refractivity (Wildman–Crippen MR) is 85.4 cm³/mol. The van der Waals surface area contributed by atoms with Crippen molar-refractivity contribution in [3.05, 3.63) is 59.9 Å². The van der Waals surface area contributed by atoms with Crippen LogP contribution in [0.1, 0.15) is 29.9 Å². The highest BCUT2D eigenvalue weighted by Gasteiger charge is 2.08. The molecule has 2 aromatic rings. The van der Waals surface area contributed by atoms with Gasteiger partial charge in [-0.3, -0.25) is 4.79 Å². The number of pyridine rings is 1. The molecule has 1 aromatic carbocycles. The molecule has 0 aliphatic carbocycles. The van der Waals surface area contributed by atoms with E-state index in [1.165, 1.54) is 0 Å². The molecule has 0 saturated carbocycles. The molecule has 4 heteroatoms. The summed E-state index contributed by atoms with van der Waals surface area (Å²) >= 11 is 0. The number of anilines is 1. The summed E-state index contributed by atoms with van der Waals surface area (Å²) in [7, 11) is 0. The number of benzene rings is 1. The van der Waals surface area contributed by atoms with E-state index in [0.717, 1.165) is 24.3 Å². The van der Waals surface area contributed by atoms with Gasteiger partial charge in [0.2, 0.25) is 0 Å². The Hall–Kier alpha value is -2.36. The van der Waals surface area contributed by atoms with Crippen molar-refractivity contribution in [2.75, 3.05) is 18.0 Å². The zero-order valence-electron chi connectivity index (χ0n) is 12.5. The van der Waals surface area contributed by atoms with Gasteiger partial charge >= 0.3 is 0 Å². The van der Waals surface area contributed by atoms with E-state index in [4.69, 9.17) is 0 Å². The van der Waals surface area contributed by atoms with E-state index in [1.807, 2.05) is 36.4 Å². The second-order valence-electron chi connectivity index (χ2n) is 4.74. The summed E-state index contributed by atoms with van der Waals surface area (Å²) in [5.74, 6) is -0.148. The van der Waals surface area contributed by atoms with Gasteiger partial charge in [-0.25, -0.2) is 4.98 Å². The number of nitrogens with one attached hydrogen (secondary N) is 1. The Morgan fingerprint density at radius 2 is 1.81 bits per heavy atom. The van der Waals surface area contributed by atoms with Crippen LogP contribution in [0.5, 0.6) is 0 Å². The molecule has 110 valence electrons. The first-order valence-electron chi connectivity index (χ1n) is 7.27. The van der Waals surface area contributed by atoms with E-state index in [1.54, 1.807) is 12.3 Å². The number of aromatic nitrogens is 1. The molecule has 0 aliphatic rings. The van der Waals surface area contributed by atoms with Gasteiger partial charge in [0.25, 0.3) is 5.91 Å². The summed E-state index contributed by atoms with van der Waals surface area (Å²) in [6, 6.07) is 13.6. The van der Waals surface area contributed by atoms with Crippen LogP contribution in [0.2, 0.25) is 0 Å². The fourth-order valence-electron chi connectivity index (χ4n) is 2.16. The quantitative estimate of drug-likeness (QED) is 0.886. The Bertz CT molecular complexity index is 562. The van der Waals surface area contributed by atoms with E-state index in [0.29, 0.717) is 12.2 Å². The number of carbonyl (C=O) groups excluding carboxylic acids is 1. The smallest absolute Gasteiger partial charge is 0.270 e. The van der Waals surface area contributed by atoms with Crippen molar-refractivity contribution >= 4 is 11.6 Å². The van der Waals surface area contributed by atoms with Gasteiger partial charge < -0.3 is 10.2 Å². The molecule has 0 aliphatic heterocycles. The molecular weight excluding hydrogens is 262 g/mol.